The Hall–Kier alpha value is -3.63. The molecule has 0 saturated carbocycles. The van der Waals surface area contributed by atoms with Crippen LogP contribution in [0, 0.1) is 5.92 Å². The maximum atomic E-state index is 14.2. The van der Waals surface area contributed by atoms with Gasteiger partial charge < -0.3 is 35.0 Å². The lowest BCUT2D eigenvalue weighted by Gasteiger charge is -2.36. The zero-order chi connectivity index (χ0) is 32.2. The molecule has 3 N–H and O–H groups in total. The van der Waals surface area contributed by atoms with Gasteiger partial charge in [0.05, 0.1) is 36.8 Å². The van der Waals surface area contributed by atoms with Crippen LogP contribution in [0.25, 0.3) is 0 Å². The van der Waals surface area contributed by atoms with Crippen molar-refractivity contribution in [2.75, 3.05) is 38.7 Å². The first kappa shape index (κ1) is 34.9. The summed E-state index contributed by atoms with van der Waals surface area (Å²) in [6.07, 6.45) is 2.27. The van der Waals surface area contributed by atoms with Crippen LogP contribution in [0.5, 0.6) is 5.75 Å². The van der Waals surface area contributed by atoms with Gasteiger partial charge in [-0.1, -0.05) is 37.3 Å². The number of ether oxygens (including phenoxy) is 2. The number of amides is 4. The van der Waals surface area contributed by atoms with Crippen molar-refractivity contribution in [3.63, 3.8) is 0 Å². The van der Waals surface area contributed by atoms with Crippen LogP contribution in [0.1, 0.15) is 69.8 Å². The van der Waals surface area contributed by atoms with Crippen molar-refractivity contribution in [1.82, 2.24) is 15.1 Å². The van der Waals surface area contributed by atoms with Gasteiger partial charge in [-0.3, -0.25) is 9.59 Å². The molecule has 242 valence electrons. The molecule has 0 unspecified atom stereocenters. The van der Waals surface area contributed by atoms with Gasteiger partial charge in [0.1, 0.15) is 5.75 Å². The monoisotopic (exact) mass is 610 g/mol. The molecule has 0 aliphatic carbocycles. The van der Waals surface area contributed by atoms with E-state index in [1.165, 1.54) is 0 Å². The predicted molar refractivity (Wildman–Crippen MR) is 172 cm³/mol. The number of hydrogen-bond acceptors (Lipinski definition) is 6. The van der Waals surface area contributed by atoms with Gasteiger partial charge in [-0.05, 0) is 70.7 Å². The van der Waals surface area contributed by atoms with Crippen molar-refractivity contribution < 1.29 is 29.0 Å². The normalized spacial score (nSPS) is 20.6. The summed E-state index contributed by atoms with van der Waals surface area (Å²) in [7, 11) is 1.78. The number of nitrogens with zero attached hydrogens (tertiary/aromatic N) is 2. The summed E-state index contributed by atoms with van der Waals surface area (Å²) in [5, 5.41) is 15.7. The topological polar surface area (TPSA) is 120 Å². The Balaban J connectivity index is 1.89. The summed E-state index contributed by atoms with van der Waals surface area (Å²) in [4.78, 5) is 43.0. The first-order valence-electron chi connectivity index (χ1n) is 15.7. The van der Waals surface area contributed by atoms with E-state index in [0.717, 1.165) is 24.8 Å². The lowest BCUT2D eigenvalue weighted by molar-refractivity contribution is -0.131. The standard InChI is InChI=1S/C34H50N4O6/c1-23(2)35-34(42)36-28-15-16-30-29(19-28)33(41)38(25(4)22-39)20-24(3)31(43-17-11-10-12-26(5)44-30)21-37(6)32(40)18-27-13-8-7-9-14-27/h7-9,13-16,19,23-26,31,39H,10-12,17-18,20-22H2,1-6H3,(H2,35,36,42)/t24-,25-,26+,31-/m1/s1. The first-order chi connectivity index (χ1) is 21.0. The summed E-state index contributed by atoms with van der Waals surface area (Å²) in [5.74, 6) is -0.0668. The number of aliphatic hydroxyl groups is 1. The molecule has 1 aliphatic rings. The molecule has 10 nitrogen and oxygen atoms in total. The van der Waals surface area contributed by atoms with Crippen LogP contribution >= 0.6 is 0 Å². The van der Waals surface area contributed by atoms with Crippen molar-refractivity contribution in [3.8, 4) is 5.75 Å². The third kappa shape index (κ3) is 10.5. The zero-order valence-electron chi connectivity index (χ0n) is 27.0. The van der Waals surface area contributed by atoms with Crippen molar-refractivity contribution in [1.29, 1.82) is 0 Å². The quantitative estimate of drug-likeness (QED) is 0.398. The number of benzene rings is 2. The zero-order valence-corrected chi connectivity index (χ0v) is 27.0. The summed E-state index contributed by atoms with van der Waals surface area (Å²) in [6, 6.07) is 13.8. The van der Waals surface area contributed by atoms with E-state index in [-0.39, 0.29) is 55.2 Å². The SMILES string of the molecule is CC(C)NC(=O)Nc1ccc2c(c1)C(=O)N([C@H](C)CO)C[C@@H](C)[C@@H](CN(C)C(=O)Cc1ccccc1)OCCCC[C@H](C)O2. The molecule has 2 aromatic carbocycles. The van der Waals surface area contributed by atoms with E-state index in [1.807, 2.05) is 58.0 Å². The Morgan fingerprint density at radius 3 is 2.50 bits per heavy atom. The maximum Gasteiger partial charge on any atom is 0.319 e. The van der Waals surface area contributed by atoms with Crippen molar-refractivity contribution in [2.45, 2.75) is 84.6 Å². The van der Waals surface area contributed by atoms with Crippen LogP contribution in [0.2, 0.25) is 0 Å². The number of carbonyl (C=O) groups excluding carboxylic acids is 3. The summed E-state index contributed by atoms with van der Waals surface area (Å²) in [5.41, 5.74) is 1.71. The highest BCUT2D eigenvalue weighted by Gasteiger charge is 2.31. The average molecular weight is 611 g/mol. The average Bonchev–Trinajstić information content (AvgIpc) is 2.98. The second-order valence-electron chi connectivity index (χ2n) is 12.2. The minimum Gasteiger partial charge on any atom is -0.490 e. The molecule has 4 atom stereocenters. The van der Waals surface area contributed by atoms with Crippen LogP contribution in [0.4, 0.5) is 10.5 Å². The molecule has 2 aromatic rings. The molecule has 0 saturated heterocycles. The van der Waals surface area contributed by atoms with Gasteiger partial charge in [-0.25, -0.2) is 4.79 Å². The number of rotatable bonds is 8. The van der Waals surface area contributed by atoms with Gasteiger partial charge in [-0.15, -0.1) is 0 Å². The van der Waals surface area contributed by atoms with Gasteiger partial charge in [-0.2, -0.15) is 0 Å². The summed E-state index contributed by atoms with van der Waals surface area (Å²) >= 11 is 0. The molecule has 0 aromatic heterocycles. The van der Waals surface area contributed by atoms with Crippen LogP contribution < -0.4 is 15.4 Å². The molecule has 4 amide bonds. The van der Waals surface area contributed by atoms with Crippen molar-refractivity contribution in [2.24, 2.45) is 5.92 Å². The fraction of sp³-hybridized carbons (Fsp3) is 0.559. The van der Waals surface area contributed by atoms with Crippen LogP contribution in [0.15, 0.2) is 48.5 Å². The highest BCUT2D eigenvalue weighted by atomic mass is 16.5. The molecule has 3 rings (SSSR count). The van der Waals surface area contributed by atoms with Crippen molar-refractivity contribution in [3.05, 3.63) is 59.7 Å². The highest BCUT2D eigenvalue weighted by molar-refractivity contribution is 5.99. The van der Waals surface area contributed by atoms with Gasteiger partial charge in [0, 0.05) is 44.4 Å². The lowest BCUT2D eigenvalue weighted by atomic mass is 10.0. The largest absolute Gasteiger partial charge is 0.490 e. The third-order valence-electron chi connectivity index (χ3n) is 7.81. The van der Waals surface area contributed by atoms with Crippen molar-refractivity contribution >= 4 is 23.5 Å². The number of nitrogens with one attached hydrogen (secondary N) is 2. The number of fused-ring (bicyclic) bond motifs is 1. The van der Waals surface area contributed by atoms with E-state index in [4.69, 9.17) is 9.47 Å². The lowest BCUT2D eigenvalue weighted by Crippen LogP contribution is -2.48. The minimum absolute atomic E-state index is 0.00973. The first-order valence-corrected chi connectivity index (χ1v) is 15.7. The smallest absolute Gasteiger partial charge is 0.319 e. The molecule has 44 heavy (non-hydrogen) atoms. The Morgan fingerprint density at radius 1 is 1.09 bits per heavy atom. The second-order valence-corrected chi connectivity index (χ2v) is 12.2. The summed E-state index contributed by atoms with van der Waals surface area (Å²) in [6.45, 7) is 10.4. The van der Waals surface area contributed by atoms with E-state index < -0.39 is 6.04 Å². The number of likely N-dealkylation sites (N-methyl/N-ethyl adjacent to an activating group) is 1. The summed E-state index contributed by atoms with van der Waals surface area (Å²) < 4.78 is 12.6. The Morgan fingerprint density at radius 2 is 1.82 bits per heavy atom. The van der Waals surface area contributed by atoms with E-state index in [0.29, 0.717) is 36.6 Å². The fourth-order valence-corrected chi connectivity index (χ4v) is 5.17. The molecule has 0 spiro atoms. The van der Waals surface area contributed by atoms with Gasteiger partial charge in [0.2, 0.25) is 5.91 Å². The van der Waals surface area contributed by atoms with Gasteiger partial charge in [0.15, 0.2) is 0 Å². The van der Waals surface area contributed by atoms with E-state index in [2.05, 4.69) is 10.6 Å². The Labute approximate surface area is 262 Å². The number of aliphatic hydroxyl groups excluding tert-OH is 1. The van der Waals surface area contributed by atoms with Gasteiger partial charge in [0.25, 0.3) is 5.91 Å². The highest BCUT2D eigenvalue weighted by Crippen LogP contribution is 2.28. The molecule has 10 heteroatoms. The number of carbonyl (C=O) groups is 3. The predicted octanol–water partition coefficient (Wildman–Crippen LogP) is 4.71. The number of anilines is 1. The van der Waals surface area contributed by atoms with Gasteiger partial charge >= 0.3 is 6.03 Å². The molecular formula is C34H50N4O6. The van der Waals surface area contributed by atoms with Crippen LogP contribution in [-0.4, -0.2) is 90.4 Å². The number of urea groups is 1. The third-order valence-corrected chi connectivity index (χ3v) is 7.81. The number of hydrogen-bond donors (Lipinski definition) is 3. The fourth-order valence-electron chi connectivity index (χ4n) is 5.17. The van der Waals surface area contributed by atoms with E-state index in [1.54, 1.807) is 42.0 Å². The van der Waals surface area contributed by atoms with E-state index >= 15 is 0 Å². The molecular weight excluding hydrogens is 560 g/mol. The molecule has 0 bridgehead atoms. The Bertz CT molecular complexity index is 1220. The molecule has 0 fully saturated rings. The van der Waals surface area contributed by atoms with Crippen LogP contribution in [-0.2, 0) is 16.0 Å². The minimum atomic E-state index is -0.498. The second kappa shape index (κ2) is 17.0. The maximum absolute atomic E-state index is 14.2. The molecule has 0 radical (unpaired) electrons. The van der Waals surface area contributed by atoms with Crippen LogP contribution in [0.3, 0.4) is 0 Å². The van der Waals surface area contributed by atoms with E-state index in [9.17, 15) is 19.5 Å². The molecule has 1 aliphatic heterocycles. The molecule has 1 heterocycles. The Kier molecular flexibility index (Phi) is 13.5.